The average molecular weight is 324 g/mol. The van der Waals surface area contributed by atoms with Crippen LogP contribution in [0.25, 0.3) is 0 Å². The second-order valence-corrected chi connectivity index (χ2v) is 7.83. The van der Waals surface area contributed by atoms with Crippen LogP contribution in [0, 0.1) is 0 Å². The van der Waals surface area contributed by atoms with Crippen molar-refractivity contribution in [1.82, 2.24) is 4.31 Å². The van der Waals surface area contributed by atoms with Crippen molar-refractivity contribution in [3.8, 4) is 0 Å². The molecule has 2 aliphatic heterocycles. The van der Waals surface area contributed by atoms with Gasteiger partial charge in [0, 0.05) is 24.8 Å². The molecule has 2 unspecified atom stereocenters. The first-order valence-corrected chi connectivity index (χ1v) is 8.77. The van der Waals surface area contributed by atoms with E-state index in [9.17, 15) is 13.2 Å². The lowest BCUT2D eigenvalue weighted by molar-refractivity contribution is -0.117. The Kier molecular flexibility index (Phi) is 3.74. The fourth-order valence-electron chi connectivity index (χ4n) is 3.19. The molecule has 0 spiro atoms. The third kappa shape index (κ3) is 2.33. The highest BCUT2D eigenvalue weighted by atomic mass is 32.2. The fourth-order valence-corrected chi connectivity index (χ4v) is 5.04. The predicted molar refractivity (Wildman–Crippen MR) is 82.3 cm³/mol. The zero-order chi connectivity index (χ0) is 16.1. The van der Waals surface area contributed by atoms with Crippen LogP contribution >= 0.6 is 0 Å². The monoisotopic (exact) mass is 324 g/mol. The van der Waals surface area contributed by atoms with Gasteiger partial charge in [-0.25, -0.2) is 8.42 Å². The lowest BCUT2D eigenvalue weighted by Crippen LogP contribution is -2.52. The summed E-state index contributed by atoms with van der Waals surface area (Å²) >= 11 is 0. The molecule has 0 bridgehead atoms. The Bertz CT molecular complexity index is 706. The molecule has 6 nitrogen and oxygen atoms in total. The van der Waals surface area contributed by atoms with E-state index in [1.54, 1.807) is 30.1 Å². The van der Waals surface area contributed by atoms with Crippen LogP contribution in [0.3, 0.4) is 0 Å². The van der Waals surface area contributed by atoms with Gasteiger partial charge in [0.2, 0.25) is 15.9 Å². The van der Waals surface area contributed by atoms with E-state index in [2.05, 4.69) is 0 Å². The van der Waals surface area contributed by atoms with Crippen LogP contribution in [-0.4, -0.2) is 51.0 Å². The summed E-state index contributed by atoms with van der Waals surface area (Å²) in [4.78, 5) is 13.6. The van der Waals surface area contributed by atoms with E-state index < -0.39 is 10.0 Å². The Labute approximate surface area is 130 Å². The number of carbonyl (C=O) groups is 1. The maximum absolute atomic E-state index is 12.9. The van der Waals surface area contributed by atoms with Gasteiger partial charge in [-0.2, -0.15) is 4.31 Å². The molecule has 1 fully saturated rings. The number of fused-ring (bicyclic) bond motifs is 1. The summed E-state index contributed by atoms with van der Waals surface area (Å²) in [6.07, 6.45) is 0.253. The Balaban J connectivity index is 2.00. The third-order valence-electron chi connectivity index (χ3n) is 4.29. The van der Waals surface area contributed by atoms with E-state index in [1.807, 2.05) is 13.8 Å². The van der Waals surface area contributed by atoms with Gasteiger partial charge in [-0.05, 0) is 37.6 Å². The second kappa shape index (κ2) is 5.33. The first kappa shape index (κ1) is 15.5. The van der Waals surface area contributed by atoms with Gasteiger partial charge < -0.3 is 9.64 Å². The van der Waals surface area contributed by atoms with Gasteiger partial charge in [0.05, 0.1) is 24.5 Å². The molecule has 0 N–H and O–H groups in total. The molecule has 0 aromatic heterocycles. The van der Waals surface area contributed by atoms with E-state index in [1.165, 1.54) is 4.31 Å². The second-order valence-electron chi connectivity index (χ2n) is 5.99. The summed E-state index contributed by atoms with van der Waals surface area (Å²) < 4.78 is 32.8. The molecule has 2 aliphatic rings. The van der Waals surface area contributed by atoms with E-state index in [0.717, 1.165) is 11.3 Å². The van der Waals surface area contributed by atoms with E-state index >= 15 is 0 Å². The lowest BCUT2D eigenvalue weighted by Gasteiger charge is -2.37. The number of ether oxygens (including phenoxy) is 1. The zero-order valence-corrected chi connectivity index (χ0v) is 13.8. The number of hydrogen-bond donors (Lipinski definition) is 0. The van der Waals surface area contributed by atoms with Gasteiger partial charge in [0.25, 0.3) is 0 Å². The molecule has 0 saturated carbocycles. The first-order chi connectivity index (χ1) is 10.3. The molecule has 1 saturated heterocycles. The van der Waals surface area contributed by atoms with Gasteiger partial charge in [0.15, 0.2) is 0 Å². The molecule has 0 aliphatic carbocycles. The fraction of sp³-hybridized carbons (Fsp3) is 0.533. The van der Waals surface area contributed by atoms with Crippen LogP contribution in [-0.2, 0) is 26.0 Å². The lowest BCUT2D eigenvalue weighted by atomic mass is 10.2. The van der Waals surface area contributed by atoms with Crippen LogP contribution in [0.15, 0.2) is 23.1 Å². The minimum atomic E-state index is -3.59. The maximum atomic E-state index is 12.9. The molecule has 1 amide bonds. The molecule has 0 radical (unpaired) electrons. The van der Waals surface area contributed by atoms with E-state index in [-0.39, 0.29) is 29.3 Å². The van der Waals surface area contributed by atoms with Crippen molar-refractivity contribution in [2.24, 2.45) is 0 Å². The standard InChI is InChI=1S/C15H20N2O4S/c1-10-8-21-9-11(2)17(10)22(19,20)13-4-5-14-12(6-13)7-15(18)16(14)3/h4-6,10-11H,7-9H2,1-3H3. The van der Waals surface area contributed by atoms with Crippen molar-refractivity contribution in [2.75, 3.05) is 25.2 Å². The Morgan fingerprint density at radius 3 is 2.45 bits per heavy atom. The SMILES string of the molecule is CC1COCC(C)N1S(=O)(=O)c1ccc2c(c1)CC(=O)N2C. The number of hydrogen-bond acceptors (Lipinski definition) is 4. The Morgan fingerprint density at radius 2 is 1.82 bits per heavy atom. The van der Waals surface area contributed by atoms with Gasteiger partial charge in [0.1, 0.15) is 0 Å². The highest BCUT2D eigenvalue weighted by Gasteiger charge is 2.37. The number of carbonyl (C=O) groups excluding carboxylic acids is 1. The van der Waals surface area contributed by atoms with E-state index in [4.69, 9.17) is 4.74 Å². The molecule has 2 atom stereocenters. The molecule has 120 valence electrons. The molecule has 22 heavy (non-hydrogen) atoms. The summed E-state index contributed by atoms with van der Waals surface area (Å²) in [5.74, 6) is -0.0161. The molecule has 2 heterocycles. The Hall–Kier alpha value is -1.44. The first-order valence-electron chi connectivity index (χ1n) is 7.33. The summed E-state index contributed by atoms with van der Waals surface area (Å²) in [5.41, 5.74) is 1.55. The third-order valence-corrected chi connectivity index (χ3v) is 6.41. The van der Waals surface area contributed by atoms with Crippen LogP contribution in [0.1, 0.15) is 19.4 Å². The van der Waals surface area contributed by atoms with Crippen molar-refractivity contribution in [3.05, 3.63) is 23.8 Å². The van der Waals surface area contributed by atoms with Crippen molar-refractivity contribution in [1.29, 1.82) is 0 Å². The smallest absolute Gasteiger partial charge is 0.243 e. The normalized spacial score (nSPS) is 26.3. The van der Waals surface area contributed by atoms with Gasteiger partial charge in [-0.15, -0.1) is 0 Å². The van der Waals surface area contributed by atoms with Gasteiger partial charge >= 0.3 is 0 Å². The van der Waals surface area contributed by atoms with Crippen LogP contribution < -0.4 is 4.90 Å². The molecular weight excluding hydrogens is 304 g/mol. The number of sulfonamides is 1. The average Bonchev–Trinajstić information content (AvgIpc) is 2.73. The summed E-state index contributed by atoms with van der Waals surface area (Å²) in [6, 6.07) is 4.51. The summed E-state index contributed by atoms with van der Waals surface area (Å²) in [6.45, 7) is 4.49. The number of amides is 1. The number of nitrogens with zero attached hydrogens (tertiary/aromatic N) is 2. The molecule has 3 rings (SSSR count). The molecule has 7 heteroatoms. The Morgan fingerprint density at radius 1 is 1.18 bits per heavy atom. The van der Waals surface area contributed by atoms with Crippen molar-refractivity contribution in [2.45, 2.75) is 37.2 Å². The summed E-state index contributed by atoms with van der Waals surface area (Å²) in [5, 5.41) is 0. The number of anilines is 1. The quantitative estimate of drug-likeness (QED) is 0.814. The highest BCUT2D eigenvalue weighted by molar-refractivity contribution is 7.89. The van der Waals surface area contributed by atoms with Crippen molar-refractivity contribution >= 4 is 21.6 Å². The zero-order valence-electron chi connectivity index (χ0n) is 12.9. The number of likely N-dealkylation sites (N-methyl/N-ethyl adjacent to an activating group) is 1. The maximum Gasteiger partial charge on any atom is 0.243 e. The molecular formula is C15H20N2O4S. The number of rotatable bonds is 2. The van der Waals surface area contributed by atoms with E-state index in [0.29, 0.717) is 13.2 Å². The number of morpholine rings is 1. The molecule has 1 aromatic rings. The van der Waals surface area contributed by atoms with Crippen LogP contribution in [0.4, 0.5) is 5.69 Å². The minimum Gasteiger partial charge on any atom is -0.378 e. The highest BCUT2D eigenvalue weighted by Crippen LogP contribution is 2.32. The van der Waals surface area contributed by atoms with Crippen LogP contribution in [0.5, 0.6) is 0 Å². The van der Waals surface area contributed by atoms with Crippen molar-refractivity contribution < 1.29 is 17.9 Å². The summed E-state index contributed by atoms with van der Waals surface area (Å²) in [7, 11) is -1.89. The van der Waals surface area contributed by atoms with Crippen molar-refractivity contribution in [3.63, 3.8) is 0 Å². The van der Waals surface area contributed by atoms with Gasteiger partial charge in [-0.1, -0.05) is 0 Å². The minimum absolute atomic E-state index is 0.0161. The number of benzene rings is 1. The molecule has 1 aromatic carbocycles. The van der Waals surface area contributed by atoms with Crippen LogP contribution in [0.2, 0.25) is 0 Å². The topological polar surface area (TPSA) is 66.9 Å². The predicted octanol–water partition coefficient (Wildman–Crippen LogP) is 1.00. The van der Waals surface area contributed by atoms with Gasteiger partial charge in [-0.3, -0.25) is 4.79 Å². The largest absolute Gasteiger partial charge is 0.378 e.